The maximum Gasteiger partial charge on any atom is 0.407 e. The van der Waals surface area contributed by atoms with Crippen molar-refractivity contribution < 1.29 is 14.3 Å². The summed E-state index contributed by atoms with van der Waals surface area (Å²) in [7, 11) is 1.62. The average Bonchev–Trinajstić information content (AvgIpc) is 2.53. The van der Waals surface area contributed by atoms with Gasteiger partial charge >= 0.3 is 6.09 Å². The molecule has 1 fully saturated rings. The largest absolute Gasteiger partial charge is 0.465 e. The minimum Gasteiger partial charge on any atom is -0.465 e. The lowest BCUT2D eigenvalue weighted by Crippen LogP contribution is -2.45. The Labute approximate surface area is 140 Å². The number of hydrogen-bond acceptors (Lipinski definition) is 2. The number of halogens is 2. The van der Waals surface area contributed by atoms with E-state index in [1.807, 2.05) is 0 Å². The van der Waals surface area contributed by atoms with Gasteiger partial charge in [0, 0.05) is 44.2 Å². The molecule has 0 atom stereocenters. The van der Waals surface area contributed by atoms with Crippen LogP contribution in [0.4, 0.5) is 9.18 Å². The topological polar surface area (TPSA) is 43.8 Å². The fourth-order valence-electron chi connectivity index (χ4n) is 2.65. The summed E-state index contributed by atoms with van der Waals surface area (Å²) < 4.78 is 13.6. The molecule has 0 saturated carbocycles. The van der Waals surface area contributed by atoms with Crippen molar-refractivity contribution in [2.45, 2.75) is 25.3 Å². The maximum atomic E-state index is 13.6. The molecule has 124 valence electrons. The van der Waals surface area contributed by atoms with E-state index in [0.717, 1.165) is 32.5 Å². The fraction of sp³-hybridized carbons (Fsp3) is 0.471. The Morgan fingerprint density at radius 2 is 2.17 bits per heavy atom. The summed E-state index contributed by atoms with van der Waals surface area (Å²) in [5, 5.41) is 9.34. The predicted molar refractivity (Wildman–Crippen MR) is 88.2 cm³/mol. The SMILES string of the molecule is CN(C(=O)O)C1CCN(CCC#Cc2ccc(Cl)cc2F)CC1. The van der Waals surface area contributed by atoms with Crippen LogP contribution in [-0.4, -0.2) is 53.7 Å². The Morgan fingerprint density at radius 1 is 1.48 bits per heavy atom. The third-order valence-electron chi connectivity index (χ3n) is 4.11. The van der Waals surface area contributed by atoms with Crippen LogP contribution < -0.4 is 0 Å². The Hall–Kier alpha value is -1.77. The second-order valence-electron chi connectivity index (χ2n) is 5.64. The van der Waals surface area contributed by atoms with Gasteiger partial charge in [-0.2, -0.15) is 0 Å². The highest BCUT2D eigenvalue weighted by atomic mass is 35.5. The molecule has 0 aromatic heterocycles. The quantitative estimate of drug-likeness (QED) is 0.860. The molecule has 1 aromatic carbocycles. The first-order valence-corrected chi connectivity index (χ1v) is 7.97. The minimum absolute atomic E-state index is 0.0954. The lowest BCUT2D eigenvalue weighted by molar-refractivity contribution is 0.106. The van der Waals surface area contributed by atoms with Gasteiger partial charge < -0.3 is 14.9 Å². The first-order chi connectivity index (χ1) is 11.0. The van der Waals surface area contributed by atoms with Crippen LogP contribution in [0.1, 0.15) is 24.8 Å². The second kappa shape index (κ2) is 8.19. The number of carboxylic acid groups (broad SMARTS) is 1. The molecule has 1 saturated heterocycles. The molecule has 1 aliphatic heterocycles. The third-order valence-corrected chi connectivity index (χ3v) is 4.35. The summed E-state index contributed by atoms with van der Waals surface area (Å²) in [5.41, 5.74) is 0.358. The van der Waals surface area contributed by atoms with Crippen molar-refractivity contribution in [3.8, 4) is 11.8 Å². The fourth-order valence-corrected chi connectivity index (χ4v) is 2.81. The normalized spacial score (nSPS) is 15.8. The van der Waals surface area contributed by atoms with Crippen LogP contribution >= 0.6 is 11.6 Å². The minimum atomic E-state index is -0.876. The lowest BCUT2D eigenvalue weighted by atomic mass is 10.0. The van der Waals surface area contributed by atoms with Gasteiger partial charge in [-0.3, -0.25) is 0 Å². The van der Waals surface area contributed by atoms with Crippen molar-refractivity contribution in [3.63, 3.8) is 0 Å². The molecule has 1 aromatic rings. The van der Waals surface area contributed by atoms with Gasteiger partial charge in [0.15, 0.2) is 0 Å². The monoisotopic (exact) mass is 338 g/mol. The highest BCUT2D eigenvalue weighted by molar-refractivity contribution is 6.30. The Balaban J connectivity index is 1.76. The number of benzene rings is 1. The molecule has 0 bridgehead atoms. The molecule has 1 amide bonds. The van der Waals surface area contributed by atoms with Gasteiger partial charge in [-0.1, -0.05) is 23.4 Å². The summed E-state index contributed by atoms with van der Waals surface area (Å²) >= 11 is 5.70. The number of amides is 1. The van der Waals surface area contributed by atoms with Crippen LogP contribution in [0.2, 0.25) is 5.02 Å². The molecule has 1 N–H and O–H groups in total. The van der Waals surface area contributed by atoms with Crippen molar-refractivity contribution in [2.24, 2.45) is 0 Å². The molecule has 0 spiro atoms. The van der Waals surface area contributed by atoms with Crippen LogP contribution in [0, 0.1) is 17.7 Å². The van der Waals surface area contributed by atoms with Crippen molar-refractivity contribution in [1.82, 2.24) is 9.80 Å². The van der Waals surface area contributed by atoms with Crippen LogP contribution in [-0.2, 0) is 0 Å². The van der Waals surface area contributed by atoms with Gasteiger partial charge in [0.25, 0.3) is 0 Å². The smallest absolute Gasteiger partial charge is 0.407 e. The molecule has 0 radical (unpaired) electrons. The molecular formula is C17H20ClFN2O2. The maximum absolute atomic E-state index is 13.6. The van der Waals surface area contributed by atoms with Gasteiger partial charge in [0.2, 0.25) is 0 Å². The molecule has 4 nitrogen and oxygen atoms in total. The Kier molecular flexibility index (Phi) is 6.26. The zero-order chi connectivity index (χ0) is 16.8. The number of hydrogen-bond donors (Lipinski definition) is 1. The zero-order valence-corrected chi connectivity index (χ0v) is 13.8. The number of likely N-dealkylation sites (tertiary alicyclic amines) is 1. The highest BCUT2D eigenvalue weighted by Gasteiger charge is 2.24. The van der Waals surface area contributed by atoms with Crippen molar-refractivity contribution in [2.75, 3.05) is 26.7 Å². The molecule has 23 heavy (non-hydrogen) atoms. The van der Waals surface area contributed by atoms with Crippen LogP contribution in [0.25, 0.3) is 0 Å². The summed E-state index contributed by atoms with van der Waals surface area (Å²) in [5.74, 6) is 5.41. The number of carbonyl (C=O) groups is 1. The van der Waals surface area contributed by atoms with Crippen LogP contribution in [0.5, 0.6) is 0 Å². The molecule has 1 heterocycles. The van der Waals surface area contributed by atoms with E-state index in [4.69, 9.17) is 16.7 Å². The molecule has 2 rings (SSSR count). The zero-order valence-electron chi connectivity index (χ0n) is 13.1. The summed E-state index contributed by atoms with van der Waals surface area (Å²) in [4.78, 5) is 14.6. The summed E-state index contributed by atoms with van der Waals surface area (Å²) in [6.07, 6.45) is 1.45. The van der Waals surface area contributed by atoms with Gasteiger partial charge in [-0.05, 0) is 31.0 Å². The molecule has 1 aliphatic rings. The number of piperidine rings is 1. The van der Waals surface area contributed by atoms with E-state index in [0.29, 0.717) is 17.0 Å². The van der Waals surface area contributed by atoms with E-state index in [9.17, 15) is 9.18 Å². The molecule has 6 heteroatoms. The molecule has 0 aliphatic carbocycles. The molecular weight excluding hydrogens is 319 g/mol. The van der Waals surface area contributed by atoms with Crippen molar-refractivity contribution in [1.29, 1.82) is 0 Å². The van der Waals surface area contributed by atoms with E-state index >= 15 is 0 Å². The standard InChI is InChI=1S/C17H20ClFN2O2/c1-20(17(22)23)15-7-10-21(11-8-15)9-3-2-4-13-5-6-14(18)12-16(13)19/h5-6,12,15H,3,7-11H2,1H3,(H,22,23). The first-order valence-electron chi connectivity index (χ1n) is 7.59. The number of rotatable bonds is 3. The van der Waals surface area contributed by atoms with E-state index in [-0.39, 0.29) is 6.04 Å². The molecule has 0 unspecified atom stereocenters. The first kappa shape index (κ1) is 17.6. The lowest BCUT2D eigenvalue weighted by Gasteiger charge is -2.35. The number of nitrogens with zero attached hydrogens (tertiary/aromatic N) is 2. The van der Waals surface area contributed by atoms with Crippen LogP contribution in [0.15, 0.2) is 18.2 Å². The van der Waals surface area contributed by atoms with E-state index in [1.165, 1.54) is 11.0 Å². The average molecular weight is 339 g/mol. The van der Waals surface area contributed by atoms with Gasteiger partial charge in [0.1, 0.15) is 5.82 Å². The van der Waals surface area contributed by atoms with Crippen molar-refractivity contribution in [3.05, 3.63) is 34.6 Å². The summed E-state index contributed by atoms with van der Waals surface area (Å²) in [6.45, 7) is 2.53. The van der Waals surface area contributed by atoms with Crippen molar-refractivity contribution >= 4 is 17.7 Å². The second-order valence-corrected chi connectivity index (χ2v) is 6.08. The predicted octanol–water partition coefficient (Wildman–Crippen LogP) is 3.29. The summed E-state index contributed by atoms with van der Waals surface area (Å²) in [6, 6.07) is 4.56. The highest BCUT2D eigenvalue weighted by Crippen LogP contribution is 2.16. The Morgan fingerprint density at radius 3 is 2.78 bits per heavy atom. The van der Waals surface area contributed by atoms with E-state index in [1.54, 1.807) is 19.2 Å². The van der Waals surface area contributed by atoms with E-state index < -0.39 is 11.9 Å². The third kappa shape index (κ3) is 5.12. The van der Waals surface area contributed by atoms with Crippen LogP contribution in [0.3, 0.4) is 0 Å². The van der Waals surface area contributed by atoms with Gasteiger partial charge in [-0.25, -0.2) is 9.18 Å². The van der Waals surface area contributed by atoms with Gasteiger partial charge in [0.05, 0.1) is 5.56 Å². The van der Waals surface area contributed by atoms with Gasteiger partial charge in [-0.15, -0.1) is 0 Å². The Bertz CT molecular complexity index is 619. The van der Waals surface area contributed by atoms with E-state index in [2.05, 4.69) is 16.7 Å².